The van der Waals surface area contributed by atoms with Gasteiger partial charge in [0.15, 0.2) is 5.78 Å². The van der Waals surface area contributed by atoms with Crippen molar-refractivity contribution in [2.45, 2.75) is 33.6 Å². The second kappa shape index (κ2) is 6.90. The first kappa shape index (κ1) is 16.5. The van der Waals surface area contributed by atoms with Gasteiger partial charge in [-0.25, -0.2) is 9.59 Å². The molecule has 3 atom stereocenters. The second-order valence-electron chi connectivity index (χ2n) is 5.68. The van der Waals surface area contributed by atoms with Gasteiger partial charge in [0.1, 0.15) is 0 Å². The Balaban J connectivity index is 2.31. The molecule has 1 saturated carbocycles. The number of ketones is 1. The van der Waals surface area contributed by atoms with Crippen LogP contribution in [0.25, 0.3) is 0 Å². The summed E-state index contributed by atoms with van der Waals surface area (Å²) in [6.45, 7) is 5.53. The van der Waals surface area contributed by atoms with E-state index in [1.165, 1.54) is 13.0 Å². The van der Waals surface area contributed by atoms with Crippen LogP contribution in [0.2, 0.25) is 0 Å². The average Bonchev–Trinajstić information content (AvgIpc) is 3.02. The van der Waals surface area contributed by atoms with Gasteiger partial charge in [-0.05, 0) is 57.4 Å². The third kappa shape index (κ3) is 3.13. The molecule has 2 bridgehead atoms. The maximum absolute atomic E-state index is 12.3. The first-order chi connectivity index (χ1) is 10.5. The van der Waals surface area contributed by atoms with Crippen molar-refractivity contribution in [2.24, 2.45) is 17.8 Å². The summed E-state index contributed by atoms with van der Waals surface area (Å²) in [6.07, 6.45) is 4.91. The molecule has 0 aromatic heterocycles. The van der Waals surface area contributed by atoms with Crippen LogP contribution in [0.4, 0.5) is 0 Å². The van der Waals surface area contributed by atoms with E-state index >= 15 is 0 Å². The number of hydrogen-bond acceptors (Lipinski definition) is 5. The second-order valence-corrected chi connectivity index (χ2v) is 5.68. The lowest BCUT2D eigenvalue weighted by atomic mass is 9.83. The summed E-state index contributed by atoms with van der Waals surface area (Å²) in [7, 11) is 0. The standard InChI is InChI=1S/C17H22O5/c1-4-21-16(19)14-12-8-11(7-6-10(3)18)13(9-12)15(14)17(20)22-5-2/h6-7,11-13H,4-5,8-9H2,1-3H3/b7-6+. The normalized spacial score (nSPS) is 26.6. The quantitative estimate of drug-likeness (QED) is 0.556. The number of carbonyl (C=O) groups excluding carboxylic acids is 3. The van der Waals surface area contributed by atoms with Gasteiger partial charge in [-0.15, -0.1) is 0 Å². The van der Waals surface area contributed by atoms with Crippen molar-refractivity contribution in [3.63, 3.8) is 0 Å². The summed E-state index contributed by atoms with van der Waals surface area (Å²) in [5.74, 6) is -0.795. The van der Waals surface area contributed by atoms with Crippen LogP contribution in [-0.4, -0.2) is 30.9 Å². The minimum atomic E-state index is -0.432. The maximum atomic E-state index is 12.3. The van der Waals surface area contributed by atoms with E-state index in [4.69, 9.17) is 9.47 Å². The van der Waals surface area contributed by atoms with Crippen LogP contribution in [0.5, 0.6) is 0 Å². The minimum absolute atomic E-state index is 0.0185. The number of esters is 2. The summed E-state index contributed by atoms with van der Waals surface area (Å²) in [5, 5.41) is 0. The number of carbonyl (C=O) groups is 3. The van der Waals surface area contributed by atoms with E-state index in [2.05, 4.69) is 0 Å². The summed E-state index contributed by atoms with van der Waals surface area (Å²) in [5.41, 5.74) is 0.938. The fourth-order valence-electron chi connectivity index (χ4n) is 3.49. The lowest BCUT2D eigenvalue weighted by Crippen LogP contribution is -2.25. The van der Waals surface area contributed by atoms with Crippen LogP contribution in [0.15, 0.2) is 23.3 Å². The van der Waals surface area contributed by atoms with Crippen LogP contribution in [0.3, 0.4) is 0 Å². The van der Waals surface area contributed by atoms with Gasteiger partial charge >= 0.3 is 11.9 Å². The summed E-state index contributed by atoms with van der Waals surface area (Å²) >= 11 is 0. The van der Waals surface area contributed by atoms with Crippen molar-refractivity contribution in [1.82, 2.24) is 0 Å². The van der Waals surface area contributed by atoms with Gasteiger partial charge in [0.2, 0.25) is 0 Å². The maximum Gasteiger partial charge on any atom is 0.334 e. The Morgan fingerprint density at radius 2 is 1.64 bits per heavy atom. The molecule has 0 aliphatic heterocycles. The Bertz CT molecular complexity index is 543. The molecule has 0 aromatic rings. The summed E-state index contributed by atoms with van der Waals surface area (Å²) < 4.78 is 10.2. The van der Waals surface area contributed by atoms with E-state index in [0.717, 1.165) is 12.8 Å². The third-order valence-electron chi connectivity index (χ3n) is 4.25. The number of rotatable bonds is 6. The SMILES string of the molecule is CCOC(=O)C1=C(C(=O)OCC)C2CC1CC2/C=C/C(C)=O. The fraction of sp³-hybridized carbons (Fsp3) is 0.588. The Labute approximate surface area is 130 Å². The molecule has 2 aliphatic carbocycles. The van der Waals surface area contributed by atoms with Crippen molar-refractivity contribution in [1.29, 1.82) is 0 Å². The van der Waals surface area contributed by atoms with E-state index in [0.29, 0.717) is 11.1 Å². The smallest absolute Gasteiger partial charge is 0.334 e. The summed E-state index contributed by atoms with van der Waals surface area (Å²) in [6, 6.07) is 0. The van der Waals surface area contributed by atoms with Crippen LogP contribution in [0, 0.1) is 17.8 Å². The molecule has 0 N–H and O–H groups in total. The molecule has 0 heterocycles. The van der Waals surface area contributed by atoms with Crippen molar-refractivity contribution in [3.8, 4) is 0 Å². The molecule has 120 valence electrons. The first-order valence-corrected chi connectivity index (χ1v) is 7.76. The van der Waals surface area contributed by atoms with E-state index in [1.54, 1.807) is 13.8 Å². The minimum Gasteiger partial charge on any atom is -0.463 e. The van der Waals surface area contributed by atoms with Crippen molar-refractivity contribution >= 4 is 17.7 Å². The molecule has 2 aliphatic rings. The molecule has 22 heavy (non-hydrogen) atoms. The predicted molar refractivity (Wildman–Crippen MR) is 79.8 cm³/mol. The Morgan fingerprint density at radius 1 is 1.05 bits per heavy atom. The molecular formula is C17H22O5. The largest absolute Gasteiger partial charge is 0.463 e. The Hall–Kier alpha value is -1.91. The van der Waals surface area contributed by atoms with Crippen LogP contribution < -0.4 is 0 Å². The van der Waals surface area contributed by atoms with E-state index in [1.807, 2.05) is 6.08 Å². The highest BCUT2D eigenvalue weighted by Crippen LogP contribution is 2.53. The number of allylic oxidation sites excluding steroid dienone is 2. The van der Waals surface area contributed by atoms with Crippen LogP contribution >= 0.6 is 0 Å². The van der Waals surface area contributed by atoms with E-state index in [-0.39, 0.29) is 36.8 Å². The molecule has 5 heteroatoms. The molecule has 0 radical (unpaired) electrons. The Kier molecular flexibility index (Phi) is 5.16. The van der Waals surface area contributed by atoms with Crippen molar-refractivity contribution in [2.75, 3.05) is 13.2 Å². The van der Waals surface area contributed by atoms with Crippen molar-refractivity contribution in [3.05, 3.63) is 23.3 Å². The molecular weight excluding hydrogens is 284 g/mol. The number of fused-ring (bicyclic) bond motifs is 2. The molecule has 0 saturated heterocycles. The zero-order valence-electron chi connectivity index (χ0n) is 13.3. The lowest BCUT2D eigenvalue weighted by molar-refractivity contribution is -0.142. The monoisotopic (exact) mass is 306 g/mol. The van der Waals surface area contributed by atoms with E-state index < -0.39 is 11.9 Å². The highest BCUT2D eigenvalue weighted by Gasteiger charge is 2.50. The van der Waals surface area contributed by atoms with E-state index in [9.17, 15) is 14.4 Å². The predicted octanol–water partition coefficient (Wildman–Crippen LogP) is 2.21. The van der Waals surface area contributed by atoms with Gasteiger partial charge in [-0.2, -0.15) is 0 Å². The Morgan fingerprint density at radius 3 is 2.18 bits per heavy atom. The van der Waals surface area contributed by atoms with Crippen molar-refractivity contribution < 1.29 is 23.9 Å². The average molecular weight is 306 g/mol. The zero-order valence-corrected chi connectivity index (χ0v) is 13.3. The highest BCUT2D eigenvalue weighted by molar-refractivity contribution is 6.02. The molecule has 3 unspecified atom stereocenters. The molecule has 2 rings (SSSR count). The highest BCUT2D eigenvalue weighted by atomic mass is 16.5. The lowest BCUT2D eigenvalue weighted by Gasteiger charge is -2.23. The van der Waals surface area contributed by atoms with Gasteiger partial charge in [0, 0.05) is 0 Å². The topological polar surface area (TPSA) is 69.7 Å². The van der Waals surface area contributed by atoms with Gasteiger partial charge < -0.3 is 9.47 Å². The molecule has 0 amide bonds. The number of ether oxygens (including phenoxy) is 2. The zero-order chi connectivity index (χ0) is 16.3. The van der Waals surface area contributed by atoms with Gasteiger partial charge in [0.25, 0.3) is 0 Å². The van der Waals surface area contributed by atoms with Gasteiger partial charge in [-0.3, -0.25) is 4.79 Å². The van der Waals surface area contributed by atoms with Crippen LogP contribution in [0.1, 0.15) is 33.6 Å². The molecule has 5 nitrogen and oxygen atoms in total. The molecule has 1 fully saturated rings. The number of hydrogen-bond donors (Lipinski definition) is 0. The van der Waals surface area contributed by atoms with Gasteiger partial charge in [-0.1, -0.05) is 6.08 Å². The fourth-order valence-corrected chi connectivity index (χ4v) is 3.49. The van der Waals surface area contributed by atoms with Crippen LogP contribution in [-0.2, 0) is 23.9 Å². The van der Waals surface area contributed by atoms with Gasteiger partial charge in [0.05, 0.1) is 24.4 Å². The summed E-state index contributed by atoms with van der Waals surface area (Å²) in [4.78, 5) is 35.5. The first-order valence-electron chi connectivity index (χ1n) is 7.76. The third-order valence-corrected chi connectivity index (χ3v) is 4.25. The molecule has 0 aromatic carbocycles. The molecule has 0 spiro atoms.